The molecule has 6 nitrogen and oxygen atoms in total. The van der Waals surface area contributed by atoms with Gasteiger partial charge in [0.15, 0.2) is 0 Å². The van der Waals surface area contributed by atoms with E-state index in [1.165, 1.54) is 7.11 Å². The highest BCUT2D eigenvalue weighted by atomic mass is 16.6. The summed E-state index contributed by atoms with van der Waals surface area (Å²) in [6, 6.07) is -0.133. The van der Waals surface area contributed by atoms with Crippen molar-refractivity contribution >= 4 is 11.9 Å². The quantitative estimate of drug-likeness (QED) is 0.483. The normalized spacial score (nSPS) is 24.2. The molecular weight excluding hydrogens is 334 g/mol. The van der Waals surface area contributed by atoms with E-state index in [2.05, 4.69) is 0 Å². The van der Waals surface area contributed by atoms with E-state index < -0.39 is 16.2 Å². The first-order chi connectivity index (χ1) is 11.7. The summed E-state index contributed by atoms with van der Waals surface area (Å²) >= 11 is 0. The third-order valence-electron chi connectivity index (χ3n) is 6.82. The second-order valence-corrected chi connectivity index (χ2v) is 9.14. The van der Waals surface area contributed by atoms with E-state index in [0.717, 1.165) is 0 Å². The van der Waals surface area contributed by atoms with Gasteiger partial charge in [-0.1, -0.05) is 27.7 Å². The van der Waals surface area contributed by atoms with E-state index in [9.17, 15) is 9.59 Å². The largest absolute Gasteiger partial charge is 0.469 e. The highest BCUT2D eigenvalue weighted by molar-refractivity contribution is 5.82. The van der Waals surface area contributed by atoms with Crippen LogP contribution in [0.5, 0.6) is 0 Å². The Morgan fingerprint density at radius 2 is 1.62 bits per heavy atom. The number of esters is 2. The van der Waals surface area contributed by atoms with Gasteiger partial charge in [-0.25, -0.2) is 0 Å². The minimum Gasteiger partial charge on any atom is -0.469 e. The van der Waals surface area contributed by atoms with Gasteiger partial charge in [-0.2, -0.15) is 0 Å². The van der Waals surface area contributed by atoms with Crippen LogP contribution >= 0.6 is 0 Å². The van der Waals surface area contributed by atoms with Crippen molar-refractivity contribution in [2.75, 3.05) is 34.4 Å². The predicted molar refractivity (Wildman–Crippen MR) is 101 cm³/mol. The van der Waals surface area contributed by atoms with Crippen LogP contribution in [0.2, 0.25) is 0 Å². The van der Waals surface area contributed by atoms with Crippen molar-refractivity contribution in [3.63, 3.8) is 0 Å². The summed E-state index contributed by atoms with van der Waals surface area (Å²) in [5, 5.41) is 0. The van der Waals surface area contributed by atoms with E-state index in [4.69, 9.17) is 14.2 Å². The Morgan fingerprint density at radius 3 is 1.96 bits per heavy atom. The number of epoxide rings is 1. The number of nitrogens with zero attached hydrogens (tertiary/aromatic N) is 1. The van der Waals surface area contributed by atoms with Crippen molar-refractivity contribution in [1.29, 1.82) is 0 Å². The molecule has 0 aromatic carbocycles. The van der Waals surface area contributed by atoms with E-state index in [1.54, 1.807) is 0 Å². The highest BCUT2D eigenvalue weighted by Crippen LogP contribution is 2.53. The Bertz CT molecular complexity index is 523. The molecule has 152 valence electrons. The third kappa shape index (κ3) is 4.06. The van der Waals surface area contributed by atoms with Crippen LogP contribution in [-0.4, -0.2) is 63.4 Å². The molecule has 0 aliphatic carbocycles. The minimum absolute atomic E-state index is 0.00571. The van der Waals surface area contributed by atoms with Gasteiger partial charge in [0.05, 0.1) is 24.5 Å². The lowest BCUT2D eigenvalue weighted by Crippen LogP contribution is -2.59. The van der Waals surface area contributed by atoms with Crippen LogP contribution in [0.3, 0.4) is 0 Å². The van der Waals surface area contributed by atoms with Crippen LogP contribution in [0.15, 0.2) is 0 Å². The first kappa shape index (κ1) is 22.9. The van der Waals surface area contributed by atoms with Gasteiger partial charge in [-0.3, -0.25) is 9.59 Å². The molecule has 0 N–H and O–H groups in total. The van der Waals surface area contributed by atoms with Crippen molar-refractivity contribution in [3.05, 3.63) is 0 Å². The molecule has 26 heavy (non-hydrogen) atoms. The number of hydrogen-bond donors (Lipinski definition) is 0. The maximum absolute atomic E-state index is 13.2. The summed E-state index contributed by atoms with van der Waals surface area (Å²) < 4.78 is 15.9. The molecule has 1 aliphatic rings. The number of hydrogen-bond acceptors (Lipinski definition) is 6. The summed E-state index contributed by atoms with van der Waals surface area (Å²) in [7, 11) is 5.25. The molecule has 1 heterocycles. The Hall–Kier alpha value is -1.14. The lowest BCUT2D eigenvalue weighted by molar-refractivity contribution is -0.183. The van der Waals surface area contributed by atoms with E-state index in [-0.39, 0.29) is 36.6 Å². The maximum Gasteiger partial charge on any atom is 0.313 e. The number of rotatable bonds is 8. The molecule has 0 spiro atoms. The smallest absolute Gasteiger partial charge is 0.313 e. The molecule has 0 bridgehead atoms. The zero-order chi connectivity index (χ0) is 20.5. The number of carbonyl (C=O) groups excluding carboxylic acids is 2. The topological polar surface area (TPSA) is 68.4 Å². The number of carbonyl (C=O) groups is 2. The van der Waals surface area contributed by atoms with Crippen LogP contribution in [0.1, 0.15) is 48.5 Å². The molecule has 0 radical (unpaired) electrons. The Balaban J connectivity index is 3.35. The van der Waals surface area contributed by atoms with Gasteiger partial charge < -0.3 is 19.1 Å². The fourth-order valence-corrected chi connectivity index (χ4v) is 3.68. The lowest BCUT2D eigenvalue weighted by atomic mass is 9.53. The monoisotopic (exact) mass is 371 g/mol. The molecule has 0 aromatic heterocycles. The molecule has 1 fully saturated rings. The van der Waals surface area contributed by atoms with Crippen LogP contribution in [0.25, 0.3) is 0 Å². The summed E-state index contributed by atoms with van der Waals surface area (Å²) in [6.45, 7) is 14.6. The second kappa shape index (κ2) is 7.85. The standard InChI is InChI=1S/C20H37NO5/c1-13(19(6,16(22)24-10)14(2)21(8)9)20(7,18(3,4)5)17(23)26-12-15-11-25-15/h13-15H,11-12H2,1-10H3. The van der Waals surface area contributed by atoms with Gasteiger partial charge in [0.25, 0.3) is 0 Å². The average Bonchev–Trinajstić information content (AvgIpc) is 3.38. The van der Waals surface area contributed by atoms with Crippen molar-refractivity contribution in [1.82, 2.24) is 4.90 Å². The predicted octanol–water partition coefficient (Wildman–Crippen LogP) is 2.75. The first-order valence-corrected chi connectivity index (χ1v) is 9.28. The van der Waals surface area contributed by atoms with Crippen LogP contribution < -0.4 is 0 Å². The molecule has 5 atom stereocenters. The maximum atomic E-state index is 13.2. The van der Waals surface area contributed by atoms with Crippen LogP contribution in [0, 0.1) is 22.2 Å². The lowest BCUT2D eigenvalue weighted by Gasteiger charge is -2.52. The summed E-state index contributed by atoms with van der Waals surface area (Å²) in [6.07, 6.45) is 0.00571. The van der Waals surface area contributed by atoms with Gasteiger partial charge in [-0.05, 0) is 46.2 Å². The molecule has 1 saturated heterocycles. The molecule has 1 aliphatic heterocycles. The number of ether oxygens (including phenoxy) is 3. The summed E-state index contributed by atoms with van der Waals surface area (Å²) in [5.74, 6) is -0.943. The van der Waals surface area contributed by atoms with Crippen molar-refractivity contribution in [2.45, 2.75) is 60.6 Å². The van der Waals surface area contributed by atoms with Crippen LogP contribution in [0.4, 0.5) is 0 Å². The van der Waals surface area contributed by atoms with E-state index >= 15 is 0 Å². The SMILES string of the molecule is COC(=O)C(C)(C(C)N(C)C)C(C)C(C)(C(=O)OCC1CO1)C(C)(C)C. The zero-order valence-corrected chi connectivity index (χ0v) is 18.1. The molecule has 1 rings (SSSR count). The molecule has 0 amide bonds. The average molecular weight is 372 g/mol. The van der Waals surface area contributed by atoms with E-state index in [0.29, 0.717) is 6.61 Å². The van der Waals surface area contributed by atoms with Gasteiger partial charge in [0, 0.05) is 6.04 Å². The van der Waals surface area contributed by atoms with Gasteiger partial charge in [0.2, 0.25) is 0 Å². The molecule has 5 unspecified atom stereocenters. The Kier molecular flexibility index (Phi) is 6.91. The number of methoxy groups -OCH3 is 1. The zero-order valence-electron chi connectivity index (χ0n) is 18.1. The summed E-state index contributed by atoms with van der Waals surface area (Å²) in [5.41, 5.74) is -2.21. The third-order valence-corrected chi connectivity index (χ3v) is 6.82. The Morgan fingerprint density at radius 1 is 1.12 bits per heavy atom. The first-order valence-electron chi connectivity index (χ1n) is 9.28. The molecule has 0 saturated carbocycles. The van der Waals surface area contributed by atoms with Crippen molar-refractivity contribution in [3.8, 4) is 0 Å². The van der Waals surface area contributed by atoms with Crippen molar-refractivity contribution in [2.24, 2.45) is 22.2 Å². The minimum atomic E-state index is -0.894. The van der Waals surface area contributed by atoms with Crippen molar-refractivity contribution < 1.29 is 23.8 Å². The highest BCUT2D eigenvalue weighted by Gasteiger charge is 2.60. The Labute approximate surface area is 158 Å². The second-order valence-electron chi connectivity index (χ2n) is 9.14. The molecule has 0 aromatic rings. The van der Waals surface area contributed by atoms with Gasteiger partial charge in [0.1, 0.15) is 12.7 Å². The fraction of sp³-hybridized carbons (Fsp3) is 0.900. The molecule has 6 heteroatoms. The van der Waals surface area contributed by atoms with Crippen LogP contribution in [-0.2, 0) is 23.8 Å². The summed E-state index contributed by atoms with van der Waals surface area (Å²) in [4.78, 5) is 28.1. The van der Waals surface area contributed by atoms with E-state index in [1.807, 2.05) is 67.5 Å². The van der Waals surface area contributed by atoms with Gasteiger partial charge in [-0.15, -0.1) is 0 Å². The fourth-order valence-electron chi connectivity index (χ4n) is 3.68. The van der Waals surface area contributed by atoms with Gasteiger partial charge >= 0.3 is 11.9 Å². The molecular formula is C20H37NO5.